The molecule has 4 N–H and O–H groups in total. The number of urea groups is 1. The number of amides is 2. The number of nitrogens with zero attached hydrogens (tertiary/aromatic N) is 1. The molecular formula is C9H17N3O4. The van der Waals surface area contributed by atoms with Gasteiger partial charge in [-0.1, -0.05) is 0 Å². The van der Waals surface area contributed by atoms with Gasteiger partial charge in [-0.15, -0.1) is 0 Å². The molecule has 2 atom stereocenters. The minimum absolute atomic E-state index is 0.0399. The molecule has 7 heteroatoms. The summed E-state index contributed by atoms with van der Waals surface area (Å²) in [6, 6.07) is -1.76. The van der Waals surface area contributed by atoms with Crippen molar-refractivity contribution in [2.75, 3.05) is 26.7 Å². The molecule has 0 aromatic heterocycles. The van der Waals surface area contributed by atoms with Crippen LogP contribution in [0.3, 0.4) is 0 Å². The van der Waals surface area contributed by atoms with Crippen molar-refractivity contribution in [1.82, 2.24) is 15.5 Å². The number of likely N-dealkylation sites (N-methyl/N-ethyl adjacent to an activating group) is 1. The molecule has 1 fully saturated rings. The first-order valence-electron chi connectivity index (χ1n) is 5.12. The van der Waals surface area contributed by atoms with E-state index in [-0.39, 0.29) is 6.04 Å². The highest BCUT2D eigenvalue weighted by Crippen LogP contribution is 2.05. The maximum Gasteiger partial charge on any atom is 0.328 e. The van der Waals surface area contributed by atoms with E-state index in [1.807, 2.05) is 7.05 Å². The Morgan fingerprint density at radius 1 is 1.56 bits per heavy atom. The molecule has 0 aliphatic carbocycles. The second kappa shape index (κ2) is 5.66. The summed E-state index contributed by atoms with van der Waals surface area (Å²) in [4.78, 5) is 24.0. The van der Waals surface area contributed by atoms with Gasteiger partial charge in [0, 0.05) is 12.6 Å². The Kier molecular flexibility index (Phi) is 4.51. The van der Waals surface area contributed by atoms with Crippen LogP contribution in [0.25, 0.3) is 0 Å². The second-order valence-electron chi connectivity index (χ2n) is 3.94. The second-order valence-corrected chi connectivity index (χ2v) is 3.94. The van der Waals surface area contributed by atoms with Gasteiger partial charge in [0.2, 0.25) is 0 Å². The van der Waals surface area contributed by atoms with Crippen molar-refractivity contribution in [1.29, 1.82) is 0 Å². The summed E-state index contributed by atoms with van der Waals surface area (Å²) in [7, 11) is 1.95. The van der Waals surface area contributed by atoms with Gasteiger partial charge in [0.05, 0.1) is 6.61 Å². The van der Waals surface area contributed by atoms with Crippen molar-refractivity contribution in [3.63, 3.8) is 0 Å². The van der Waals surface area contributed by atoms with Crippen LogP contribution < -0.4 is 10.6 Å². The summed E-state index contributed by atoms with van der Waals surface area (Å²) >= 11 is 0. The monoisotopic (exact) mass is 231 g/mol. The smallest absolute Gasteiger partial charge is 0.328 e. The number of carboxylic acid groups (broad SMARTS) is 1. The van der Waals surface area contributed by atoms with Crippen molar-refractivity contribution in [2.24, 2.45) is 0 Å². The van der Waals surface area contributed by atoms with Crippen LogP contribution in [0.5, 0.6) is 0 Å². The van der Waals surface area contributed by atoms with Gasteiger partial charge >= 0.3 is 12.0 Å². The van der Waals surface area contributed by atoms with Crippen LogP contribution in [-0.4, -0.2) is 65.9 Å². The Hall–Kier alpha value is -1.34. The first-order valence-corrected chi connectivity index (χ1v) is 5.12. The lowest BCUT2D eigenvalue weighted by Gasteiger charge is -2.16. The van der Waals surface area contributed by atoms with Crippen LogP contribution in [0.2, 0.25) is 0 Å². The number of hydrogen-bond donors (Lipinski definition) is 4. The van der Waals surface area contributed by atoms with E-state index in [2.05, 4.69) is 15.5 Å². The Morgan fingerprint density at radius 2 is 2.25 bits per heavy atom. The van der Waals surface area contributed by atoms with Gasteiger partial charge in [-0.25, -0.2) is 9.59 Å². The first-order chi connectivity index (χ1) is 7.52. The summed E-state index contributed by atoms with van der Waals surface area (Å²) < 4.78 is 0. The number of hydrogen-bond acceptors (Lipinski definition) is 4. The van der Waals surface area contributed by atoms with Gasteiger partial charge in [-0.05, 0) is 20.0 Å². The fourth-order valence-corrected chi connectivity index (χ4v) is 1.62. The average molecular weight is 231 g/mol. The fraction of sp³-hybridized carbons (Fsp3) is 0.778. The molecule has 0 saturated carbocycles. The van der Waals surface area contributed by atoms with Crippen molar-refractivity contribution < 1.29 is 19.8 Å². The van der Waals surface area contributed by atoms with Gasteiger partial charge in [-0.3, -0.25) is 0 Å². The number of carbonyl (C=O) groups excluding carboxylic acids is 1. The topological polar surface area (TPSA) is 102 Å². The molecule has 1 aliphatic rings. The molecule has 0 bridgehead atoms. The number of carboxylic acids is 1. The Balaban J connectivity index is 2.32. The highest BCUT2D eigenvalue weighted by molar-refractivity contribution is 5.82. The van der Waals surface area contributed by atoms with Crippen molar-refractivity contribution in [3.05, 3.63) is 0 Å². The average Bonchev–Trinajstić information content (AvgIpc) is 2.60. The van der Waals surface area contributed by atoms with Crippen LogP contribution in [0.1, 0.15) is 6.42 Å². The predicted molar refractivity (Wildman–Crippen MR) is 56.1 cm³/mol. The summed E-state index contributed by atoms with van der Waals surface area (Å²) in [6.45, 7) is 1.05. The van der Waals surface area contributed by atoms with Gasteiger partial charge < -0.3 is 25.7 Å². The normalized spacial score (nSPS) is 22.8. The molecular weight excluding hydrogens is 214 g/mol. The zero-order valence-electron chi connectivity index (χ0n) is 9.14. The summed E-state index contributed by atoms with van der Waals surface area (Å²) in [5, 5.41) is 22.2. The molecule has 2 amide bonds. The first kappa shape index (κ1) is 12.7. The third-order valence-corrected chi connectivity index (χ3v) is 2.51. The standard InChI is InChI=1S/C9H17N3O4/c1-12-3-2-6(4-12)10-9(16)11-7(5-13)8(14)15/h6-7,13H,2-5H2,1H3,(H,14,15)(H2,10,11,16)/t6?,7-/m0/s1. The van der Waals surface area contributed by atoms with E-state index in [1.54, 1.807) is 0 Å². The lowest BCUT2D eigenvalue weighted by atomic mass is 10.2. The van der Waals surface area contributed by atoms with E-state index in [1.165, 1.54) is 0 Å². The van der Waals surface area contributed by atoms with E-state index >= 15 is 0 Å². The number of aliphatic hydroxyl groups excluding tert-OH is 1. The Morgan fingerprint density at radius 3 is 2.69 bits per heavy atom. The van der Waals surface area contributed by atoms with Gasteiger partial charge in [-0.2, -0.15) is 0 Å². The molecule has 0 radical (unpaired) electrons. The largest absolute Gasteiger partial charge is 0.480 e. The molecule has 16 heavy (non-hydrogen) atoms. The lowest BCUT2D eigenvalue weighted by Crippen LogP contribution is -2.50. The number of rotatable bonds is 4. The van der Waals surface area contributed by atoms with Crippen LogP contribution in [0, 0.1) is 0 Å². The minimum atomic E-state index is -1.25. The van der Waals surface area contributed by atoms with E-state index < -0.39 is 24.6 Å². The van der Waals surface area contributed by atoms with E-state index in [9.17, 15) is 9.59 Å². The molecule has 92 valence electrons. The molecule has 1 aliphatic heterocycles. The van der Waals surface area contributed by atoms with Crippen LogP contribution >= 0.6 is 0 Å². The number of aliphatic hydroxyl groups is 1. The third-order valence-electron chi connectivity index (χ3n) is 2.51. The zero-order chi connectivity index (χ0) is 12.1. The van der Waals surface area contributed by atoms with E-state index in [4.69, 9.17) is 10.2 Å². The van der Waals surface area contributed by atoms with Crippen LogP contribution in [0.4, 0.5) is 4.79 Å². The molecule has 0 aromatic rings. The molecule has 0 spiro atoms. The fourth-order valence-electron chi connectivity index (χ4n) is 1.62. The number of carbonyl (C=O) groups is 2. The number of likely N-dealkylation sites (tertiary alicyclic amines) is 1. The maximum absolute atomic E-state index is 11.4. The Labute approximate surface area is 93.4 Å². The minimum Gasteiger partial charge on any atom is -0.480 e. The molecule has 0 aromatic carbocycles. The summed E-state index contributed by atoms with van der Waals surface area (Å²) in [6.07, 6.45) is 0.848. The Bertz CT molecular complexity index is 271. The van der Waals surface area contributed by atoms with Crippen molar-refractivity contribution in [3.8, 4) is 0 Å². The summed E-state index contributed by atoms with van der Waals surface area (Å²) in [5.74, 6) is -1.25. The van der Waals surface area contributed by atoms with Crippen LogP contribution in [-0.2, 0) is 4.79 Å². The SMILES string of the molecule is CN1CCC(NC(=O)N[C@@H](CO)C(=O)O)C1. The third kappa shape index (κ3) is 3.67. The van der Waals surface area contributed by atoms with Crippen molar-refractivity contribution >= 4 is 12.0 Å². The molecule has 1 heterocycles. The summed E-state index contributed by atoms with van der Waals surface area (Å²) in [5.41, 5.74) is 0. The van der Waals surface area contributed by atoms with Gasteiger partial charge in [0.25, 0.3) is 0 Å². The lowest BCUT2D eigenvalue weighted by molar-refractivity contribution is -0.140. The predicted octanol–water partition coefficient (Wildman–Crippen LogP) is -1.56. The molecule has 1 unspecified atom stereocenters. The highest BCUT2D eigenvalue weighted by atomic mass is 16.4. The number of nitrogens with one attached hydrogen (secondary N) is 2. The molecule has 1 saturated heterocycles. The molecule has 1 rings (SSSR count). The van der Waals surface area contributed by atoms with Crippen LogP contribution in [0.15, 0.2) is 0 Å². The van der Waals surface area contributed by atoms with Gasteiger partial charge in [0.1, 0.15) is 0 Å². The number of aliphatic carboxylic acids is 1. The van der Waals surface area contributed by atoms with Gasteiger partial charge in [0.15, 0.2) is 6.04 Å². The van der Waals surface area contributed by atoms with Crippen molar-refractivity contribution in [2.45, 2.75) is 18.5 Å². The quantitative estimate of drug-likeness (QED) is 0.468. The van der Waals surface area contributed by atoms with E-state index in [0.29, 0.717) is 0 Å². The maximum atomic E-state index is 11.4. The van der Waals surface area contributed by atoms with E-state index in [0.717, 1.165) is 19.5 Å². The zero-order valence-corrected chi connectivity index (χ0v) is 9.14. The highest BCUT2D eigenvalue weighted by Gasteiger charge is 2.23. The molecule has 7 nitrogen and oxygen atoms in total.